The highest BCUT2D eigenvalue weighted by Gasteiger charge is 2.24. The molecular weight excluding hydrogens is 356 g/mol. The third-order valence-electron chi connectivity index (χ3n) is 4.53. The van der Waals surface area contributed by atoms with Crippen LogP contribution in [0, 0.1) is 13.8 Å². The topological polar surface area (TPSA) is 80.4 Å². The number of aryl methyl sites for hydroxylation is 1. The van der Waals surface area contributed by atoms with Crippen LogP contribution in [0.1, 0.15) is 72.3 Å². The number of hydrogen-bond donors (Lipinski definition) is 2. The fourth-order valence-electron chi connectivity index (χ4n) is 3.01. The van der Waals surface area contributed by atoms with Crippen LogP contribution < -0.4 is 10.1 Å². The summed E-state index contributed by atoms with van der Waals surface area (Å²) in [6.07, 6.45) is -0.233. The second-order valence-electron chi connectivity index (χ2n) is 8.20. The number of rotatable bonds is 5. The molecule has 0 spiro atoms. The van der Waals surface area contributed by atoms with Crippen LogP contribution in [0.15, 0.2) is 18.2 Å². The molecule has 2 N–H and O–H groups in total. The number of carbonyl (C=O) groups excluding carboxylic acids is 2. The van der Waals surface area contributed by atoms with E-state index in [1.165, 1.54) is 0 Å². The molecule has 6 nitrogen and oxygen atoms in total. The summed E-state index contributed by atoms with van der Waals surface area (Å²) in [6.45, 7) is 13.4. The summed E-state index contributed by atoms with van der Waals surface area (Å²) in [6, 6.07) is 5.74. The van der Waals surface area contributed by atoms with E-state index in [9.17, 15) is 9.59 Å². The van der Waals surface area contributed by atoms with Crippen molar-refractivity contribution < 1.29 is 19.1 Å². The number of anilines is 1. The molecule has 0 radical (unpaired) electrons. The molecule has 28 heavy (non-hydrogen) atoms. The second kappa shape index (κ2) is 8.09. The normalized spacial score (nSPS) is 11.5. The molecule has 2 aromatic rings. The number of esters is 1. The Balaban J connectivity index is 2.37. The summed E-state index contributed by atoms with van der Waals surface area (Å²) in [5.41, 5.74) is 3.47. The molecular formula is C22H30N2O4. The van der Waals surface area contributed by atoms with Crippen LogP contribution in [0.25, 0.3) is 0 Å². The third-order valence-corrected chi connectivity index (χ3v) is 4.53. The summed E-state index contributed by atoms with van der Waals surface area (Å²) in [7, 11) is 1.56. The molecule has 2 rings (SSSR count). The van der Waals surface area contributed by atoms with Crippen molar-refractivity contribution in [1.82, 2.24) is 4.98 Å². The van der Waals surface area contributed by atoms with Gasteiger partial charge in [-0.15, -0.1) is 0 Å². The second-order valence-corrected chi connectivity index (χ2v) is 8.20. The first-order chi connectivity index (χ1) is 13.0. The zero-order valence-electron chi connectivity index (χ0n) is 17.9. The average Bonchev–Trinajstić information content (AvgIpc) is 2.88. The van der Waals surface area contributed by atoms with Crippen LogP contribution in [-0.4, -0.2) is 30.1 Å². The van der Waals surface area contributed by atoms with E-state index in [0.29, 0.717) is 34.0 Å². The predicted octanol–water partition coefficient (Wildman–Crippen LogP) is 4.76. The molecule has 0 aliphatic rings. The molecule has 1 heterocycles. The summed E-state index contributed by atoms with van der Waals surface area (Å²) in [5, 5.41) is 2.90. The van der Waals surface area contributed by atoms with Crippen LogP contribution in [-0.2, 0) is 10.2 Å². The van der Waals surface area contributed by atoms with E-state index in [2.05, 4.69) is 31.1 Å². The predicted molar refractivity (Wildman–Crippen MR) is 110 cm³/mol. The molecule has 6 heteroatoms. The van der Waals surface area contributed by atoms with E-state index >= 15 is 0 Å². The highest BCUT2D eigenvalue weighted by atomic mass is 16.5. The third kappa shape index (κ3) is 4.55. The Hall–Kier alpha value is -2.76. The molecule has 0 saturated carbocycles. The van der Waals surface area contributed by atoms with Crippen molar-refractivity contribution in [3.05, 3.63) is 46.3 Å². The smallest absolute Gasteiger partial charge is 0.340 e. The number of aromatic amines is 1. The Morgan fingerprint density at radius 3 is 2.32 bits per heavy atom. The van der Waals surface area contributed by atoms with Gasteiger partial charge in [0.15, 0.2) is 0 Å². The maximum absolute atomic E-state index is 12.9. The van der Waals surface area contributed by atoms with Crippen molar-refractivity contribution in [2.24, 2.45) is 0 Å². The highest BCUT2D eigenvalue weighted by Crippen LogP contribution is 2.32. The minimum atomic E-state index is -0.437. The standard InChI is InChI=1S/C22H30N2O4/c1-12(2)28-21(26)18-13(3)19(23-14(18)4)20(25)24-16-11-15(22(5,6)7)9-10-17(16)27-8/h9-12,23H,1-8H3,(H,24,25). The van der Waals surface area contributed by atoms with Crippen LogP contribution >= 0.6 is 0 Å². The van der Waals surface area contributed by atoms with Crippen molar-refractivity contribution in [3.63, 3.8) is 0 Å². The molecule has 0 bridgehead atoms. The van der Waals surface area contributed by atoms with Gasteiger partial charge in [-0.25, -0.2) is 4.79 Å². The molecule has 0 fully saturated rings. The van der Waals surface area contributed by atoms with Gasteiger partial charge in [0.25, 0.3) is 5.91 Å². The molecule has 0 aliphatic carbocycles. The van der Waals surface area contributed by atoms with E-state index in [4.69, 9.17) is 9.47 Å². The van der Waals surface area contributed by atoms with Gasteiger partial charge in [0.05, 0.1) is 24.5 Å². The lowest BCUT2D eigenvalue weighted by atomic mass is 9.87. The SMILES string of the molecule is COc1ccc(C(C)(C)C)cc1NC(=O)c1[nH]c(C)c(C(=O)OC(C)C)c1C. The van der Waals surface area contributed by atoms with E-state index < -0.39 is 5.97 Å². The minimum absolute atomic E-state index is 0.0710. The lowest BCUT2D eigenvalue weighted by molar-refractivity contribution is 0.0376. The molecule has 0 aliphatic heterocycles. The van der Waals surface area contributed by atoms with Gasteiger partial charge < -0.3 is 19.8 Å². The number of carbonyl (C=O) groups is 2. The first kappa shape index (κ1) is 21.5. The molecule has 1 aromatic heterocycles. The van der Waals surface area contributed by atoms with Gasteiger partial charge in [-0.1, -0.05) is 26.8 Å². The minimum Gasteiger partial charge on any atom is -0.495 e. The van der Waals surface area contributed by atoms with E-state index in [-0.39, 0.29) is 17.4 Å². The molecule has 0 atom stereocenters. The summed E-state index contributed by atoms with van der Waals surface area (Å²) < 4.78 is 10.7. The zero-order chi connectivity index (χ0) is 21.2. The Kier molecular flexibility index (Phi) is 6.22. The van der Waals surface area contributed by atoms with Gasteiger partial charge in [-0.05, 0) is 56.4 Å². The van der Waals surface area contributed by atoms with Crippen LogP contribution in [0.2, 0.25) is 0 Å². The van der Waals surface area contributed by atoms with Gasteiger partial charge in [0, 0.05) is 5.69 Å². The first-order valence-electron chi connectivity index (χ1n) is 9.35. The summed E-state index contributed by atoms with van der Waals surface area (Å²) >= 11 is 0. The van der Waals surface area contributed by atoms with Crippen molar-refractivity contribution >= 4 is 17.6 Å². The fourth-order valence-corrected chi connectivity index (χ4v) is 3.01. The zero-order valence-corrected chi connectivity index (χ0v) is 17.9. The number of methoxy groups -OCH3 is 1. The summed E-state index contributed by atoms with van der Waals surface area (Å²) in [5.74, 6) is -0.206. The van der Waals surface area contributed by atoms with Gasteiger partial charge in [0.2, 0.25) is 0 Å². The van der Waals surface area contributed by atoms with Crippen molar-refractivity contribution in [1.29, 1.82) is 0 Å². The lowest BCUT2D eigenvalue weighted by Gasteiger charge is -2.21. The van der Waals surface area contributed by atoms with E-state index in [0.717, 1.165) is 5.56 Å². The van der Waals surface area contributed by atoms with Crippen LogP contribution in [0.3, 0.4) is 0 Å². The van der Waals surface area contributed by atoms with Crippen molar-refractivity contribution in [2.45, 2.75) is 60.0 Å². The molecule has 152 valence electrons. The maximum Gasteiger partial charge on any atom is 0.340 e. The molecule has 0 unspecified atom stereocenters. The Bertz CT molecular complexity index is 889. The highest BCUT2D eigenvalue weighted by molar-refractivity contribution is 6.07. The van der Waals surface area contributed by atoms with Crippen LogP contribution in [0.4, 0.5) is 5.69 Å². The van der Waals surface area contributed by atoms with Crippen LogP contribution in [0.5, 0.6) is 5.75 Å². The Morgan fingerprint density at radius 1 is 1.14 bits per heavy atom. The van der Waals surface area contributed by atoms with Crippen molar-refractivity contribution in [3.8, 4) is 5.75 Å². The van der Waals surface area contributed by atoms with Gasteiger partial charge in [0.1, 0.15) is 11.4 Å². The molecule has 1 aromatic carbocycles. The summed E-state index contributed by atoms with van der Waals surface area (Å²) in [4.78, 5) is 28.3. The largest absolute Gasteiger partial charge is 0.495 e. The molecule has 1 amide bonds. The Labute approximate surface area is 166 Å². The van der Waals surface area contributed by atoms with E-state index in [1.54, 1.807) is 34.8 Å². The number of hydrogen-bond acceptors (Lipinski definition) is 4. The number of amides is 1. The number of H-pyrrole nitrogens is 1. The maximum atomic E-state index is 12.9. The van der Waals surface area contributed by atoms with Gasteiger partial charge in [-0.2, -0.15) is 0 Å². The first-order valence-corrected chi connectivity index (χ1v) is 9.35. The van der Waals surface area contributed by atoms with Gasteiger partial charge >= 0.3 is 5.97 Å². The van der Waals surface area contributed by atoms with E-state index in [1.807, 2.05) is 18.2 Å². The average molecular weight is 386 g/mol. The number of ether oxygens (including phenoxy) is 2. The fraction of sp³-hybridized carbons (Fsp3) is 0.455. The number of aromatic nitrogens is 1. The van der Waals surface area contributed by atoms with Crippen molar-refractivity contribution in [2.75, 3.05) is 12.4 Å². The number of nitrogens with one attached hydrogen (secondary N) is 2. The van der Waals surface area contributed by atoms with Gasteiger partial charge in [-0.3, -0.25) is 4.79 Å². The lowest BCUT2D eigenvalue weighted by Crippen LogP contribution is -2.17. The number of benzene rings is 1. The quantitative estimate of drug-likeness (QED) is 0.726. The Morgan fingerprint density at radius 2 is 1.79 bits per heavy atom. The monoisotopic (exact) mass is 386 g/mol. The molecule has 0 saturated heterocycles.